The summed E-state index contributed by atoms with van der Waals surface area (Å²) in [4.78, 5) is 95.2. The summed E-state index contributed by atoms with van der Waals surface area (Å²) < 4.78 is 63.2. The second kappa shape index (κ2) is 15.6. The normalized spacial score (nSPS) is 26.8. The van der Waals surface area contributed by atoms with Crippen molar-refractivity contribution in [2.45, 2.75) is 114 Å². The van der Waals surface area contributed by atoms with Crippen molar-refractivity contribution in [2.24, 2.45) is 11.8 Å². The van der Waals surface area contributed by atoms with Gasteiger partial charge in [0.05, 0.1) is 30.7 Å². The molecule has 3 aliphatic heterocycles. The Balaban J connectivity index is 1.23. The van der Waals surface area contributed by atoms with Gasteiger partial charge in [0.15, 0.2) is 6.04 Å². The van der Waals surface area contributed by atoms with Gasteiger partial charge in [-0.3, -0.25) is 28.8 Å². The van der Waals surface area contributed by atoms with E-state index in [1.165, 1.54) is 23.1 Å². The lowest BCUT2D eigenvalue weighted by atomic mass is 10.0. The van der Waals surface area contributed by atoms with Crippen LogP contribution in [0.25, 0.3) is 0 Å². The van der Waals surface area contributed by atoms with Crippen LogP contribution in [0.3, 0.4) is 0 Å². The third kappa shape index (κ3) is 9.15. The highest BCUT2D eigenvalue weighted by Gasteiger charge is 2.62. The van der Waals surface area contributed by atoms with Crippen LogP contribution in [0.4, 0.5) is 14.0 Å². The quantitative estimate of drug-likeness (QED) is 0.145. The standard InChI is InChI=1S/C37H46FN5O13S/c1-6-22-14-37(22,33(48)41-57(51,52)24-10-11-24)40-30(45)27-13-23(55-35(50)42-15-20-8-7-9-26(38)25(20)17-42)16-43(27)31(46)21(12-28(44)56-36(3,4)5)18-53-34(49)39-29-19(2)54-32(29)47/h6-9,19,21-24,27,29H,1,10-18H2,2-5H3,(H,39,49)(H,40,45)(H,41,48)/t19-,21+,22?,23?,27+,29+,37-/m1/s1. The Morgan fingerprint density at radius 3 is 2.46 bits per heavy atom. The van der Waals surface area contributed by atoms with Crippen LogP contribution >= 0.6 is 0 Å². The number of ether oxygens (including phenoxy) is 4. The minimum atomic E-state index is -4.01. The molecular weight excluding hydrogens is 773 g/mol. The number of esters is 2. The molecule has 3 N–H and O–H groups in total. The van der Waals surface area contributed by atoms with E-state index in [0.29, 0.717) is 24.0 Å². The Morgan fingerprint density at radius 1 is 1.14 bits per heavy atom. The fourth-order valence-corrected chi connectivity index (χ4v) is 8.49. The molecule has 20 heteroatoms. The van der Waals surface area contributed by atoms with E-state index in [4.69, 9.17) is 18.9 Å². The molecule has 5 amide bonds. The van der Waals surface area contributed by atoms with Crippen molar-refractivity contribution in [2.75, 3.05) is 13.2 Å². The molecule has 0 aromatic heterocycles. The lowest BCUT2D eigenvalue weighted by molar-refractivity contribution is -0.174. The Bertz CT molecular complexity index is 1980. The first-order chi connectivity index (χ1) is 26.7. The predicted molar refractivity (Wildman–Crippen MR) is 193 cm³/mol. The zero-order chi connectivity index (χ0) is 41.6. The summed E-state index contributed by atoms with van der Waals surface area (Å²) in [6.07, 6.45) is -2.45. The molecule has 3 heterocycles. The van der Waals surface area contributed by atoms with Crippen LogP contribution in [0.2, 0.25) is 0 Å². The maximum Gasteiger partial charge on any atom is 0.410 e. The number of sulfonamides is 1. The van der Waals surface area contributed by atoms with Gasteiger partial charge in [-0.05, 0) is 58.6 Å². The van der Waals surface area contributed by atoms with Gasteiger partial charge in [0.1, 0.15) is 41.8 Å². The third-order valence-corrected chi connectivity index (χ3v) is 12.3. The number of amides is 5. The van der Waals surface area contributed by atoms with Crippen molar-refractivity contribution in [3.05, 3.63) is 47.8 Å². The highest BCUT2D eigenvalue weighted by Crippen LogP contribution is 2.45. The summed E-state index contributed by atoms with van der Waals surface area (Å²) >= 11 is 0. The summed E-state index contributed by atoms with van der Waals surface area (Å²) in [5.74, 6) is -6.90. The van der Waals surface area contributed by atoms with Crippen molar-refractivity contribution in [1.82, 2.24) is 25.2 Å². The SMILES string of the molecule is C=CC1C[C@]1(NC(=O)[C@@H]1CC(OC(=O)N2Cc3cccc(F)c3C2)CN1C(=O)[C@H](COC(=O)N[C@@H]1C(=O)O[C@@H]1C)CC(=O)OC(C)(C)C)C(=O)NS(=O)(=O)C1CC1. The van der Waals surface area contributed by atoms with Crippen LogP contribution in [-0.2, 0) is 66.0 Å². The molecule has 2 aliphatic carbocycles. The first kappa shape index (κ1) is 41.4. The molecule has 0 radical (unpaired) electrons. The molecule has 5 aliphatic rings. The molecular formula is C37H46FN5O13S. The molecule has 18 nitrogen and oxygen atoms in total. The van der Waals surface area contributed by atoms with Crippen LogP contribution in [0, 0.1) is 17.7 Å². The summed E-state index contributed by atoms with van der Waals surface area (Å²) in [5.41, 5.74) is -1.78. The van der Waals surface area contributed by atoms with E-state index in [1.807, 2.05) is 0 Å². The topological polar surface area (TPSA) is 233 Å². The Hall–Kier alpha value is -5.27. The number of hydrogen-bond donors (Lipinski definition) is 3. The molecule has 7 atom stereocenters. The van der Waals surface area contributed by atoms with E-state index in [1.54, 1.807) is 33.8 Å². The number of fused-ring (bicyclic) bond motifs is 1. The number of cyclic esters (lactones) is 1. The zero-order valence-corrected chi connectivity index (χ0v) is 32.7. The number of nitrogens with zero attached hydrogens (tertiary/aromatic N) is 2. The number of alkyl carbamates (subject to hydrolysis) is 1. The highest BCUT2D eigenvalue weighted by molar-refractivity contribution is 7.91. The van der Waals surface area contributed by atoms with Gasteiger partial charge in [-0.2, -0.15) is 0 Å². The average Bonchev–Trinajstić information content (AvgIpc) is 4.02. The second-order valence-electron chi connectivity index (χ2n) is 16.0. The second-order valence-corrected chi connectivity index (χ2v) is 18.0. The van der Waals surface area contributed by atoms with Crippen LogP contribution in [0.5, 0.6) is 0 Å². The monoisotopic (exact) mass is 819 g/mol. The van der Waals surface area contributed by atoms with Gasteiger partial charge in [-0.25, -0.2) is 27.2 Å². The molecule has 57 heavy (non-hydrogen) atoms. The molecule has 1 aromatic carbocycles. The molecule has 2 saturated carbocycles. The number of benzene rings is 1. The zero-order valence-electron chi connectivity index (χ0n) is 31.9. The van der Waals surface area contributed by atoms with Gasteiger partial charge >= 0.3 is 24.1 Å². The van der Waals surface area contributed by atoms with Crippen molar-refractivity contribution in [3.63, 3.8) is 0 Å². The molecule has 6 rings (SSSR count). The fourth-order valence-electron chi connectivity index (χ4n) is 7.12. The van der Waals surface area contributed by atoms with E-state index in [2.05, 4.69) is 21.9 Å². The maximum absolute atomic E-state index is 14.5. The van der Waals surface area contributed by atoms with Gasteiger partial charge < -0.3 is 34.5 Å². The van der Waals surface area contributed by atoms with E-state index in [0.717, 1.165) is 4.90 Å². The van der Waals surface area contributed by atoms with Crippen molar-refractivity contribution in [1.29, 1.82) is 0 Å². The average molecular weight is 820 g/mol. The number of hydrogen-bond acceptors (Lipinski definition) is 13. The van der Waals surface area contributed by atoms with Crippen LogP contribution in [0.15, 0.2) is 30.9 Å². The fraction of sp³-hybridized carbons (Fsp3) is 0.595. The molecule has 0 spiro atoms. The van der Waals surface area contributed by atoms with E-state index in [-0.39, 0.29) is 32.5 Å². The Kier molecular flexibility index (Phi) is 11.3. The third-order valence-electron chi connectivity index (χ3n) is 10.4. The first-order valence-corrected chi connectivity index (χ1v) is 20.1. The van der Waals surface area contributed by atoms with Crippen LogP contribution < -0.4 is 15.4 Å². The van der Waals surface area contributed by atoms with Crippen molar-refractivity contribution < 1.29 is 65.3 Å². The largest absolute Gasteiger partial charge is 0.460 e. The number of halogens is 1. The lowest BCUT2D eigenvalue weighted by Gasteiger charge is -2.32. The van der Waals surface area contributed by atoms with E-state index in [9.17, 15) is 46.4 Å². The minimum Gasteiger partial charge on any atom is -0.460 e. The van der Waals surface area contributed by atoms with Gasteiger partial charge in [-0.1, -0.05) is 18.2 Å². The molecule has 2 unspecified atom stereocenters. The number of nitrogens with one attached hydrogen (secondary N) is 3. The van der Waals surface area contributed by atoms with Gasteiger partial charge in [0.2, 0.25) is 21.8 Å². The minimum absolute atomic E-state index is 0.0107. The van der Waals surface area contributed by atoms with Crippen LogP contribution in [0.1, 0.15) is 70.9 Å². The van der Waals surface area contributed by atoms with Gasteiger partial charge in [-0.15, -0.1) is 6.58 Å². The van der Waals surface area contributed by atoms with Gasteiger partial charge in [0.25, 0.3) is 5.91 Å². The molecule has 310 valence electrons. The van der Waals surface area contributed by atoms with E-state index >= 15 is 0 Å². The summed E-state index contributed by atoms with van der Waals surface area (Å²) in [6.45, 7) is 8.92. The molecule has 1 aromatic rings. The first-order valence-electron chi connectivity index (χ1n) is 18.6. The molecule has 0 bridgehead atoms. The smallest absolute Gasteiger partial charge is 0.410 e. The number of carbonyl (C=O) groups excluding carboxylic acids is 7. The van der Waals surface area contributed by atoms with E-state index < -0.39 is 123 Å². The highest BCUT2D eigenvalue weighted by atomic mass is 32.2. The van der Waals surface area contributed by atoms with Gasteiger partial charge in [0, 0.05) is 24.4 Å². The number of carbonyl (C=O) groups is 7. The predicted octanol–water partition coefficient (Wildman–Crippen LogP) is 1.30. The summed E-state index contributed by atoms with van der Waals surface area (Å²) in [6, 6.07) is 2.01. The van der Waals surface area contributed by atoms with Crippen LogP contribution in [-0.4, -0.2) is 114 Å². The summed E-state index contributed by atoms with van der Waals surface area (Å²) in [7, 11) is -4.01. The number of rotatable bonds is 13. The molecule has 4 fully saturated rings. The van der Waals surface area contributed by atoms with Crippen molar-refractivity contribution in [3.8, 4) is 0 Å². The lowest BCUT2D eigenvalue weighted by Crippen LogP contribution is -2.59. The Labute approximate surface area is 328 Å². The summed E-state index contributed by atoms with van der Waals surface area (Å²) in [5, 5.41) is 4.22. The van der Waals surface area contributed by atoms with Crippen molar-refractivity contribution >= 4 is 51.9 Å². The molecule has 2 saturated heterocycles. The number of likely N-dealkylation sites (tertiary alicyclic amines) is 1. The Morgan fingerprint density at radius 2 is 1.86 bits per heavy atom. The maximum atomic E-state index is 14.5.